The van der Waals surface area contributed by atoms with Crippen LogP contribution in [0.3, 0.4) is 0 Å². The van der Waals surface area contributed by atoms with Crippen molar-refractivity contribution in [2.75, 3.05) is 32.0 Å². The first kappa shape index (κ1) is 21.9. The number of rotatable bonds is 5. The summed E-state index contributed by atoms with van der Waals surface area (Å²) >= 11 is 0. The molecule has 0 amide bonds. The SMILES string of the molecule is COc1ccc([C@@H]2CC(=O)C3=C(C2)Nc2ccccc2N[C@@H]3c2ccc(OC)c(OC)c2)cc1. The number of para-hydroxylation sites is 2. The van der Waals surface area contributed by atoms with E-state index in [0.717, 1.165) is 45.9 Å². The molecule has 0 bridgehead atoms. The zero-order valence-corrected chi connectivity index (χ0v) is 19.6. The van der Waals surface area contributed by atoms with Gasteiger partial charge in [0.05, 0.1) is 38.7 Å². The number of ketones is 1. The molecule has 2 N–H and O–H groups in total. The van der Waals surface area contributed by atoms with Gasteiger partial charge >= 0.3 is 0 Å². The van der Waals surface area contributed by atoms with Crippen molar-refractivity contribution in [3.8, 4) is 17.2 Å². The van der Waals surface area contributed by atoms with Gasteiger partial charge in [-0.2, -0.15) is 0 Å². The van der Waals surface area contributed by atoms with Gasteiger partial charge in [0.15, 0.2) is 17.3 Å². The summed E-state index contributed by atoms with van der Waals surface area (Å²) in [6.07, 6.45) is 1.20. The summed E-state index contributed by atoms with van der Waals surface area (Å²) in [7, 11) is 4.89. The summed E-state index contributed by atoms with van der Waals surface area (Å²) in [5, 5.41) is 7.19. The predicted octanol–water partition coefficient (Wildman–Crippen LogP) is 5.69. The Bertz CT molecular complexity index is 1250. The first-order chi connectivity index (χ1) is 16.6. The number of carbonyl (C=O) groups excluding carboxylic acids is 1. The molecule has 2 atom stereocenters. The molecule has 0 unspecified atom stereocenters. The van der Waals surface area contributed by atoms with Crippen molar-refractivity contribution < 1.29 is 19.0 Å². The molecule has 0 saturated carbocycles. The second-order valence-corrected chi connectivity index (χ2v) is 8.56. The minimum atomic E-state index is -0.310. The van der Waals surface area contributed by atoms with E-state index < -0.39 is 0 Å². The Kier molecular flexibility index (Phi) is 5.88. The summed E-state index contributed by atoms with van der Waals surface area (Å²) in [4.78, 5) is 13.7. The number of benzene rings is 3. The van der Waals surface area contributed by atoms with Crippen LogP contribution >= 0.6 is 0 Å². The minimum absolute atomic E-state index is 0.0981. The number of Topliss-reactive ketones (excluding diaryl/α,β-unsaturated/α-hetero) is 1. The molecule has 1 heterocycles. The Morgan fingerprint density at radius 1 is 0.765 bits per heavy atom. The van der Waals surface area contributed by atoms with Crippen LogP contribution in [0.2, 0.25) is 0 Å². The molecular weight excluding hydrogens is 428 g/mol. The van der Waals surface area contributed by atoms with Crippen molar-refractivity contribution in [1.82, 2.24) is 0 Å². The lowest BCUT2D eigenvalue weighted by atomic mass is 9.78. The van der Waals surface area contributed by atoms with Crippen LogP contribution in [0, 0.1) is 0 Å². The largest absolute Gasteiger partial charge is 0.497 e. The summed E-state index contributed by atoms with van der Waals surface area (Å²) < 4.78 is 16.3. The average molecular weight is 457 g/mol. The first-order valence-electron chi connectivity index (χ1n) is 11.4. The fraction of sp³-hybridized carbons (Fsp3) is 0.250. The molecule has 2 aliphatic rings. The molecule has 174 valence electrons. The quantitative estimate of drug-likeness (QED) is 0.514. The molecule has 1 aliphatic heterocycles. The van der Waals surface area contributed by atoms with E-state index in [0.29, 0.717) is 17.9 Å². The Labute approximate surface area is 199 Å². The van der Waals surface area contributed by atoms with Crippen molar-refractivity contribution in [2.45, 2.75) is 24.8 Å². The van der Waals surface area contributed by atoms with E-state index in [1.807, 2.05) is 54.6 Å². The van der Waals surface area contributed by atoms with Crippen LogP contribution in [0.1, 0.15) is 35.9 Å². The maximum Gasteiger partial charge on any atom is 0.163 e. The number of hydrogen-bond acceptors (Lipinski definition) is 6. The highest BCUT2D eigenvalue weighted by atomic mass is 16.5. The molecule has 6 heteroatoms. The Balaban J connectivity index is 1.58. The third-order valence-corrected chi connectivity index (χ3v) is 6.64. The van der Waals surface area contributed by atoms with Crippen LogP contribution in [0.5, 0.6) is 17.2 Å². The van der Waals surface area contributed by atoms with Crippen LogP contribution in [0.4, 0.5) is 11.4 Å². The van der Waals surface area contributed by atoms with Crippen molar-refractivity contribution in [3.63, 3.8) is 0 Å². The van der Waals surface area contributed by atoms with Crippen molar-refractivity contribution in [2.24, 2.45) is 0 Å². The van der Waals surface area contributed by atoms with Gasteiger partial charge in [-0.1, -0.05) is 30.3 Å². The topological polar surface area (TPSA) is 68.8 Å². The van der Waals surface area contributed by atoms with Gasteiger partial charge in [-0.3, -0.25) is 4.79 Å². The van der Waals surface area contributed by atoms with Crippen LogP contribution in [0.15, 0.2) is 78.0 Å². The number of nitrogens with one attached hydrogen (secondary N) is 2. The molecule has 3 aromatic rings. The van der Waals surface area contributed by atoms with Gasteiger partial charge in [-0.25, -0.2) is 0 Å². The predicted molar refractivity (Wildman–Crippen MR) is 133 cm³/mol. The maximum atomic E-state index is 13.7. The summed E-state index contributed by atoms with van der Waals surface area (Å²) in [6.45, 7) is 0. The van der Waals surface area contributed by atoms with Gasteiger partial charge in [0, 0.05) is 17.7 Å². The third kappa shape index (κ3) is 3.96. The Hall–Kier alpha value is -3.93. The molecule has 1 aliphatic carbocycles. The molecule has 3 aromatic carbocycles. The van der Waals surface area contributed by atoms with Gasteiger partial charge in [0.25, 0.3) is 0 Å². The van der Waals surface area contributed by atoms with Gasteiger partial charge < -0.3 is 24.8 Å². The van der Waals surface area contributed by atoms with E-state index in [1.165, 1.54) is 0 Å². The number of anilines is 2. The highest BCUT2D eigenvalue weighted by Gasteiger charge is 2.36. The molecular formula is C28H28N2O4. The molecule has 5 rings (SSSR count). The smallest absolute Gasteiger partial charge is 0.163 e. The second-order valence-electron chi connectivity index (χ2n) is 8.56. The second kappa shape index (κ2) is 9.14. The van der Waals surface area contributed by atoms with Crippen LogP contribution in [-0.4, -0.2) is 27.1 Å². The van der Waals surface area contributed by atoms with E-state index in [1.54, 1.807) is 21.3 Å². The normalized spacial score (nSPS) is 19.2. The number of methoxy groups -OCH3 is 3. The number of ether oxygens (including phenoxy) is 3. The van der Waals surface area contributed by atoms with Gasteiger partial charge in [0.1, 0.15) is 5.75 Å². The van der Waals surface area contributed by atoms with E-state index in [9.17, 15) is 4.79 Å². The lowest BCUT2D eigenvalue weighted by Gasteiger charge is -2.30. The van der Waals surface area contributed by atoms with E-state index in [4.69, 9.17) is 14.2 Å². The first-order valence-corrected chi connectivity index (χ1v) is 11.4. The molecule has 34 heavy (non-hydrogen) atoms. The fourth-order valence-electron chi connectivity index (χ4n) is 4.89. The molecule has 0 spiro atoms. The van der Waals surface area contributed by atoms with Crippen molar-refractivity contribution >= 4 is 17.2 Å². The standard InChI is InChI=1S/C28H28N2O4/c1-32-20-11-8-17(9-12-20)19-14-23-27(24(31)15-19)28(30-22-7-5-4-6-21(22)29-23)18-10-13-25(33-2)26(16-18)34-3/h4-13,16,19,28-30H,14-15H2,1-3H3/t19-,28+/m0/s1. The average Bonchev–Trinajstić information content (AvgIpc) is 3.05. The number of fused-ring (bicyclic) bond motifs is 1. The van der Waals surface area contributed by atoms with Gasteiger partial charge in [0.2, 0.25) is 0 Å². The van der Waals surface area contributed by atoms with Crippen molar-refractivity contribution in [1.29, 1.82) is 0 Å². The third-order valence-electron chi connectivity index (χ3n) is 6.64. The van der Waals surface area contributed by atoms with Crippen LogP contribution in [-0.2, 0) is 4.79 Å². The van der Waals surface area contributed by atoms with Crippen LogP contribution < -0.4 is 24.8 Å². The molecule has 0 saturated heterocycles. The maximum absolute atomic E-state index is 13.7. The number of allylic oxidation sites excluding steroid dienone is 1. The van der Waals surface area contributed by atoms with Gasteiger partial charge in [-0.15, -0.1) is 0 Å². The van der Waals surface area contributed by atoms with Gasteiger partial charge in [-0.05, 0) is 59.9 Å². The molecule has 0 fully saturated rings. The molecule has 6 nitrogen and oxygen atoms in total. The molecule has 0 radical (unpaired) electrons. The lowest BCUT2D eigenvalue weighted by molar-refractivity contribution is -0.116. The number of hydrogen-bond donors (Lipinski definition) is 2. The highest BCUT2D eigenvalue weighted by Crippen LogP contribution is 2.45. The summed E-state index contributed by atoms with van der Waals surface area (Å²) in [5.74, 6) is 2.33. The fourth-order valence-corrected chi connectivity index (χ4v) is 4.89. The van der Waals surface area contributed by atoms with E-state index in [2.05, 4.69) is 22.8 Å². The Morgan fingerprint density at radius 2 is 1.47 bits per heavy atom. The zero-order chi connectivity index (χ0) is 23.7. The zero-order valence-electron chi connectivity index (χ0n) is 19.6. The number of carbonyl (C=O) groups is 1. The minimum Gasteiger partial charge on any atom is -0.497 e. The monoisotopic (exact) mass is 456 g/mol. The Morgan fingerprint density at radius 3 is 2.18 bits per heavy atom. The van der Waals surface area contributed by atoms with Crippen molar-refractivity contribution in [3.05, 3.63) is 89.1 Å². The summed E-state index contributed by atoms with van der Waals surface area (Å²) in [5.41, 5.74) is 5.71. The highest BCUT2D eigenvalue weighted by molar-refractivity contribution is 6.01. The van der Waals surface area contributed by atoms with E-state index in [-0.39, 0.29) is 17.7 Å². The molecule has 0 aromatic heterocycles. The lowest BCUT2D eigenvalue weighted by Crippen LogP contribution is -2.26. The van der Waals surface area contributed by atoms with E-state index >= 15 is 0 Å². The summed E-state index contributed by atoms with van der Waals surface area (Å²) in [6, 6.07) is 21.6. The van der Waals surface area contributed by atoms with Crippen LogP contribution in [0.25, 0.3) is 0 Å².